The molecule has 1 heterocycles. The van der Waals surface area contributed by atoms with Crippen LogP contribution in [0.25, 0.3) is 0 Å². The average molecular weight is 364 g/mol. The van der Waals surface area contributed by atoms with Crippen LogP contribution in [0.3, 0.4) is 0 Å². The maximum atomic E-state index is 5.42. The van der Waals surface area contributed by atoms with Gasteiger partial charge in [0.15, 0.2) is 0 Å². The molecule has 0 radical (unpaired) electrons. The van der Waals surface area contributed by atoms with Gasteiger partial charge >= 0.3 is 0 Å². The molecule has 1 atom stereocenters. The summed E-state index contributed by atoms with van der Waals surface area (Å²) in [6.45, 7) is 3.97. The van der Waals surface area contributed by atoms with Crippen molar-refractivity contribution in [3.05, 3.63) is 66.0 Å². The van der Waals surface area contributed by atoms with Crippen LogP contribution < -0.4 is 20.1 Å². The molecule has 0 amide bonds. The number of benzene rings is 2. The van der Waals surface area contributed by atoms with E-state index >= 15 is 0 Å². The van der Waals surface area contributed by atoms with E-state index in [0.717, 1.165) is 17.3 Å². The maximum Gasteiger partial charge on any atom is 0.142 e. The van der Waals surface area contributed by atoms with E-state index in [4.69, 9.17) is 9.47 Å². The third-order valence-corrected chi connectivity index (χ3v) is 4.17. The molecule has 0 aliphatic heterocycles. The molecule has 0 spiro atoms. The number of aryl methyl sites for hydroxylation is 1. The van der Waals surface area contributed by atoms with E-state index in [1.807, 2.05) is 49.4 Å². The van der Waals surface area contributed by atoms with Gasteiger partial charge in [-0.25, -0.2) is 9.97 Å². The lowest BCUT2D eigenvalue weighted by Gasteiger charge is -2.17. The summed E-state index contributed by atoms with van der Waals surface area (Å²) < 4.78 is 10.7. The summed E-state index contributed by atoms with van der Waals surface area (Å²) in [6.07, 6.45) is 0. The first-order valence-corrected chi connectivity index (χ1v) is 8.75. The maximum absolute atomic E-state index is 5.42. The highest BCUT2D eigenvalue weighted by Crippen LogP contribution is 2.31. The largest absolute Gasteiger partial charge is 0.497 e. The van der Waals surface area contributed by atoms with Crippen molar-refractivity contribution < 1.29 is 9.47 Å². The molecule has 1 unspecified atom stereocenters. The quantitative estimate of drug-likeness (QED) is 0.632. The van der Waals surface area contributed by atoms with Crippen LogP contribution in [0.5, 0.6) is 11.5 Å². The molecule has 3 rings (SSSR count). The topological polar surface area (TPSA) is 68.3 Å². The van der Waals surface area contributed by atoms with E-state index in [1.165, 1.54) is 5.56 Å². The molecule has 27 heavy (non-hydrogen) atoms. The molecule has 6 nitrogen and oxygen atoms in total. The summed E-state index contributed by atoms with van der Waals surface area (Å²) in [4.78, 5) is 8.98. The lowest BCUT2D eigenvalue weighted by molar-refractivity contribution is 0.405. The number of hydrogen-bond acceptors (Lipinski definition) is 6. The molecule has 0 aliphatic rings. The number of aromatic nitrogens is 2. The monoisotopic (exact) mass is 364 g/mol. The Balaban J connectivity index is 1.84. The van der Waals surface area contributed by atoms with Crippen molar-refractivity contribution in [1.29, 1.82) is 0 Å². The Labute approximate surface area is 159 Å². The average Bonchev–Trinajstić information content (AvgIpc) is 2.68. The number of methoxy groups -OCH3 is 2. The van der Waals surface area contributed by atoms with E-state index in [1.54, 1.807) is 14.2 Å². The van der Waals surface area contributed by atoms with Crippen molar-refractivity contribution >= 4 is 17.3 Å². The molecular formula is C21H24N4O2. The van der Waals surface area contributed by atoms with Gasteiger partial charge < -0.3 is 20.1 Å². The lowest BCUT2D eigenvalue weighted by Crippen LogP contribution is -2.09. The second-order valence-electron chi connectivity index (χ2n) is 6.15. The molecule has 0 fully saturated rings. The first-order chi connectivity index (χ1) is 13.1. The van der Waals surface area contributed by atoms with Crippen molar-refractivity contribution in [2.45, 2.75) is 19.9 Å². The fourth-order valence-electron chi connectivity index (χ4n) is 2.80. The second-order valence-corrected chi connectivity index (χ2v) is 6.15. The fourth-order valence-corrected chi connectivity index (χ4v) is 2.80. The summed E-state index contributed by atoms with van der Waals surface area (Å²) in [5.74, 6) is 3.55. The zero-order valence-electron chi connectivity index (χ0n) is 16.0. The summed E-state index contributed by atoms with van der Waals surface area (Å²) in [7, 11) is 3.26. The summed E-state index contributed by atoms with van der Waals surface area (Å²) in [5.41, 5.74) is 1.97. The highest BCUT2D eigenvalue weighted by molar-refractivity contribution is 5.67. The van der Waals surface area contributed by atoms with E-state index in [2.05, 4.69) is 39.7 Å². The van der Waals surface area contributed by atoms with Crippen LogP contribution in [0.15, 0.2) is 54.6 Å². The lowest BCUT2D eigenvalue weighted by atomic mass is 10.1. The van der Waals surface area contributed by atoms with Crippen molar-refractivity contribution in [2.24, 2.45) is 0 Å². The van der Waals surface area contributed by atoms with Crippen LogP contribution in [-0.2, 0) is 0 Å². The van der Waals surface area contributed by atoms with Gasteiger partial charge in [-0.3, -0.25) is 0 Å². The molecule has 6 heteroatoms. The molecule has 2 aromatic carbocycles. The van der Waals surface area contributed by atoms with E-state index in [0.29, 0.717) is 17.4 Å². The van der Waals surface area contributed by atoms with Gasteiger partial charge in [-0.2, -0.15) is 0 Å². The molecule has 0 aliphatic carbocycles. The van der Waals surface area contributed by atoms with Crippen LogP contribution in [0.1, 0.15) is 24.4 Å². The van der Waals surface area contributed by atoms with E-state index in [9.17, 15) is 0 Å². The van der Waals surface area contributed by atoms with Crippen LogP contribution in [0.4, 0.5) is 17.3 Å². The van der Waals surface area contributed by atoms with Crippen molar-refractivity contribution in [3.63, 3.8) is 0 Å². The van der Waals surface area contributed by atoms with Crippen molar-refractivity contribution in [1.82, 2.24) is 9.97 Å². The molecule has 1 aromatic heterocycles. The molecular weight excluding hydrogens is 340 g/mol. The minimum atomic E-state index is 0.125. The number of ether oxygens (including phenoxy) is 2. The summed E-state index contributed by atoms with van der Waals surface area (Å²) in [5, 5.41) is 6.73. The van der Waals surface area contributed by atoms with E-state index < -0.39 is 0 Å². The number of hydrogen-bond donors (Lipinski definition) is 2. The minimum absolute atomic E-state index is 0.125. The Morgan fingerprint density at radius 2 is 1.63 bits per heavy atom. The SMILES string of the molecule is COc1ccc(OC)c(Nc2cc(NC(C)c3ccccc3)nc(C)n2)c1. The summed E-state index contributed by atoms with van der Waals surface area (Å²) in [6, 6.07) is 17.8. The number of nitrogens with one attached hydrogen (secondary N) is 2. The first kappa shape index (κ1) is 18.5. The third kappa shape index (κ3) is 4.67. The van der Waals surface area contributed by atoms with Gasteiger partial charge in [-0.05, 0) is 31.5 Å². The van der Waals surface area contributed by atoms with Crippen LogP contribution in [0, 0.1) is 6.92 Å². The zero-order valence-corrected chi connectivity index (χ0v) is 16.0. The van der Waals surface area contributed by atoms with Crippen molar-refractivity contribution in [2.75, 3.05) is 24.9 Å². The molecule has 2 N–H and O–H groups in total. The Hall–Kier alpha value is -3.28. The zero-order chi connectivity index (χ0) is 19.2. The van der Waals surface area contributed by atoms with E-state index in [-0.39, 0.29) is 6.04 Å². The summed E-state index contributed by atoms with van der Waals surface area (Å²) >= 11 is 0. The molecule has 140 valence electrons. The van der Waals surface area contributed by atoms with Crippen LogP contribution in [-0.4, -0.2) is 24.2 Å². The first-order valence-electron chi connectivity index (χ1n) is 8.75. The van der Waals surface area contributed by atoms with Crippen molar-refractivity contribution in [3.8, 4) is 11.5 Å². The van der Waals surface area contributed by atoms with Gasteiger partial charge in [0, 0.05) is 18.2 Å². The molecule has 0 saturated heterocycles. The highest BCUT2D eigenvalue weighted by atomic mass is 16.5. The third-order valence-electron chi connectivity index (χ3n) is 4.17. The van der Waals surface area contributed by atoms with Gasteiger partial charge in [0.25, 0.3) is 0 Å². The smallest absolute Gasteiger partial charge is 0.142 e. The normalized spacial score (nSPS) is 11.6. The van der Waals surface area contributed by atoms with Crippen LogP contribution in [0.2, 0.25) is 0 Å². The van der Waals surface area contributed by atoms with Gasteiger partial charge in [0.1, 0.15) is 29.0 Å². The predicted octanol–water partition coefficient (Wildman–Crippen LogP) is 4.72. The highest BCUT2D eigenvalue weighted by Gasteiger charge is 2.10. The number of nitrogens with zero attached hydrogens (tertiary/aromatic N) is 2. The Morgan fingerprint density at radius 1 is 0.889 bits per heavy atom. The Kier molecular flexibility index (Phi) is 5.76. The van der Waals surface area contributed by atoms with Gasteiger partial charge in [-0.1, -0.05) is 30.3 Å². The number of rotatable bonds is 7. The minimum Gasteiger partial charge on any atom is -0.497 e. The number of anilines is 3. The Morgan fingerprint density at radius 3 is 2.33 bits per heavy atom. The molecule has 3 aromatic rings. The second kappa shape index (κ2) is 8.40. The van der Waals surface area contributed by atoms with Gasteiger partial charge in [-0.15, -0.1) is 0 Å². The molecule has 0 saturated carbocycles. The Bertz CT molecular complexity index is 900. The van der Waals surface area contributed by atoms with Gasteiger partial charge in [0.05, 0.1) is 19.9 Å². The van der Waals surface area contributed by atoms with Crippen LogP contribution >= 0.6 is 0 Å². The molecule has 0 bridgehead atoms. The predicted molar refractivity (Wildman–Crippen MR) is 108 cm³/mol. The standard InChI is InChI=1S/C21H24N4O2/c1-14(16-8-6-5-7-9-16)22-20-13-21(24-15(2)23-20)25-18-12-17(26-3)10-11-19(18)27-4/h5-14H,1-4H3,(H2,22,23,24,25). The fraction of sp³-hybridized carbons (Fsp3) is 0.238. The van der Waals surface area contributed by atoms with Gasteiger partial charge in [0.2, 0.25) is 0 Å².